The van der Waals surface area contributed by atoms with Crippen molar-refractivity contribution in [3.05, 3.63) is 40.7 Å². The van der Waals surface area contributed by atoms with Crippen LogP contribution in [0.1, 0.15) is 15.4 Å². The average molecular weight is 429 g/mol. The van der Waals surface area contributed by atoms with Crippen molar-refractivity contribution in [1.82, 2.24) is 29.0 Å². The molecule has 3 fully saturated rings. The second-order valence-corrected chi connectivity index (χ2v) is 9.67. The molecule has 1 N–H and O–H groups in total. The molecule has 6 rings (SSSR count). The van der Waals surface area contributed by atoms with Crippen LogP contribution < -0.4 is 0 Å². The van der Waals surface area contributed by atoms with Gasteiger partial charge in [0.25, 0.3) is 5.91 Å². The Balaban J connectivity index is 1.29. The summed E-state index contributed by atoms with van der Waals surface area (Å²) in [5.41, 5.74) is 0.974. The molecule has 3 aromatic rings. The maximum absolute atomic E-state index is 13.5. The van der Waals surface area contributed by atoms with Crippen LogP contribution in [0.3, 0.4) is 0 Å². The Hall–Kier alpha value is -2.27. The van der Waals surface area contributed by atoms with Gasteiger partial charge in [-0.05, 0) is 0 Å². The normalized spacial score (nSPS) is 31.0. The zero-order valence-electron chi connectivity index (χ0n) is 16.7. The summed E-state index contributed by atoms with van der Waals surface area (Å²) in [7, 11) is 1.92. The van der Waals surface area contributed by atoms with Gasteiger partial charge < -0.3 is 19.3 Å². The van der Waals surface area contributed by atoms with Crippen LogP contribution >= 0.6 is 11.3 Å². The van der Waals surface area contributed by atoms with Crippen molar-refractivity contribution in [1.29, 1.82) is 0 Å². The molecular formula is C20H24N6O3S. The molecular weight excluding hydrogens is 404 g/mol. The number of hydrogen-bond acceptors (Lipinski definition) is 7. The summed E-state index contributed by atoms with van der Waals surface area (Å²) in [6.45, 7) is 3.53. The predicted octanol–water partition coefficient (Wildman–Crippen LogP) is 0.463. The van der Waals surface area contributed by atoms with Gasteiger partial charge in [0.05, 0.1) is 25.4 Å². The summed E-state index contributed by atoms with van der Waals surface area (Å²) in [4.78, 5) is 22.2. The molecule has 1 amide bonds. The number of thiazole rings is 1. The van der Waals surface area contributed by atoms with Gasteiger partial charge in [0, 0.05) is 69.1 Å². The van der Waals surface area contributed by atoms with E-state index in [1.54, 1.807) is 22.0 Å². The summed E-state index contributed by atoms with van der Waals surface area (Å²) in [6, 6.07) is 0. The third-order valence-corrected chi connectivity index (χ3v) is 7.73. The van der Waals surface area contributed by atoms with Gasteiger partial charge >= 0.3 is 0 Å². The first-order valence-electron chi connectivity index (χ1n) is 10.3. The maximum atomic E-state index is 13.5. The van der Waals surface area contributed by atoms with Crippen LogP contribution in [0, 0.1) is 11.8 Å². The van der Waals surface area contributed by atoms with E-state index < -0.39 is 5.60 Å². The molecule has 0 aliphatic carbocycles. The molecule has 0 saturated carbocycles. The maximum Gasteiger partial charge on any atom is 0.259 e. The fourth-order valence-electron chi connectivity index (χ4n) is 5.70. The van der Waals surface area contributed by atoms with Crippen molar-refractivity contribution in [3.8, 4) is 0 Å². The third-order valence-electron chi connectivity index (χ3n) is 6.97. The number of rotatable bonds is 4. The summed E-state index contributed by atoms with van der Waals surface area (Å²) in [6.07, 6.45) is 7.09. The van der Waals surface area contributed by atoms with Gasteiger partial charge in [-0.25, -0.2) is 9.50 Å². The van der Waals surface area contributed by atoms with Gasteiger partial charge in [-0.1, -0.05) is 0 Å². The van der Waals surface area contributed by atoms with Gasteiger partial charge in [0.2, 0.25) is 0 Å². The number of aliphatic hydroxyl groups is 1. The fraction of sp³-hybridized carbons (Fsp3) is 0.550. The number of aromatic nitrogens is 4. The molecule has 30 heavy (non-hydrogen) atoms. The van der Waals surface area contributed by atoms with E-state index in [-0.39, 0.29) is 30.5 Å². The van der Waals surface area contributed by atoms with E-state index in [2.05, 4.69) is 15.0 Å². The van der Waals surface area contributed by atoms with E-state index in [0.29, 0.717) is 18.7 Å². The molecule has 2 bridgehead atoms. The van der Waals surface area contributed by atoms with Crippen molar-refractivity contribution in [2.75, 3.05) is 32.8 Å². The fourth-order valence-corrected chi connectivity index (χ4v) is 6.36. The molecule has 4 atom stereocenters. The first kappa shape index (κ1) is 18.5. The predicted molar refractivity (Wildman–Crippen MR) is 109 cm³/mol. The van der Waals surface area contributed by atoms with Crippen LogP contribution in [-0.2, 0) is 18.3 Å². The number of nitrogens with zero attached hydrogens (tertiary/aromatic N) is 6. The number of hydrogen-bond donors (Lipinski definition) is 1. The third kappa shape index (κ3) is 2.60. The lowest BCUT2D eigenvalue weighted by Gasteiger charge is -2.40. The van der Waals surface area contributed by atoms with Crippen LogP contribution in [-0.4, -0.2) is 84.5 Å². The van der Waals surface area contributed by atoms with Crippen molar-refractivity contribution in [3.63, 3.8) is 0 Å². The van der Waals surface area contributed by atoms with E-state index in [4.69, 9.17) is 4.74 Å². The smallest absolute Gasteiger partial charge is 0.259 e. The lowest BCUT2D eigenvalue weighted by atomic mass is 9.83. The van der Waals surface area contributed by atoms with Gasteiger partial charge in [-0.15, -0.1) is 11.3 Å². The number of morpholine rings is 1. The Labute approximate surface area is 177 Å². The molecule has 9 nitrogen and oxygen atoms in total. The highest BCUT2D eigenvalue weighted by Gasteiger charge is 2.62. The Bertz CT molecular complexity index is 1090. The molecule has 3 aliphatic rings. The Kier molecular flexibility index (Phi) is 4.08. The minimum absolute atomic E-state index is 0.0183. The molecule has 1 spiro atoms. The van der Waals surface area contributed by atoms with Crippen LogP contribution in [0.5, 0.6) is 0 Å². The van der Waals surface area contributed by atoms with Gasteiger partial charge in [-0.3, -0.25) is 9.69 Å². The second-order valence-electron chi connectivity index (χ2n) is 8.69. The number of carbonyl (C=O) groups is 1. The highest BCUT2D eigenvalue weighted by atomic mass is 32.1. The van der Waals surface area contributed by atoms with Crippen molar-refractivity contribution >= 4 is 22.9 Å². The summed E-state index contributed by atoms with van der Waals surface area (Å²) in [5, 5.41) is 17.5. The number of ether oxygens (including phenoxy) is 1. The van der Waals surface area contributed by atoms with Gasteiger partial charge in [0.15, 0.2) is 0 Å². The van der Waals surface area contributed by atoms with E-state index >= 15 is 0 Å². The Morgan fingerprint density at radius 2 is 2.27 bits per heavy atom. The highest BCUT2D eigenvalue weighted by molar-refractivity contribution is 7.09. The highest BCUT2D eigenvalue weighted by Crippen LogP contribution is 2.49. The number of aliphatic hydroxyl groups excluding tert-OH is 1. The molecule has 0 radical (unpaired) electrons. The van der Waals surface area contributed by atoms with Crippen molar-refractivity contribution < 1.29 is 14.6 Å². The molecule has 3 aliphatic heterocycles. The molecule has 3 saturated heterocycles. The molecule has 0 aromatic carbocycles. The molecule has 3 aromatic heterocycles. The van der Waals surface area contributed by atoms with E-state index in [1.807, 2.05) is 40.5 Å². The summed E-state index contributed by atoms with van der Waals surface area (Å²) >= 11 is 1.65. The number of aryl methyl sites for hydroxylation is 1. The van der Waals surface area contributed by atoms with Crippen LogP contribution in [0.15, 0.2) is 30.2 Å². The summed E-state index contributed by atoms with van der Waals surface area (Å²) < 4.78 is 10.2. The number of carbonyl (C=O) groups excluding carboxylic acids is 1. The zero-order chi connectivity index (χ0) is 20.5. The minimum atomic E-state index is -0.427. The standard InChI is InChI=1S/C20H24N6O3S/c1-23-3-4-26-18(23)13(6-22-26)19(28)25-8-16-14(10-27)15-7-24(9-17-21-2-5-30-17)11-20(15,12-25)29-16/h2-6,14-16,27H,7-12H2,1H3/t14-,15+,16+,20-/m0/s1. The van der Waals surface area contributed by atoms with E-state index in [0.717, 1.165) is 30.3 Å². The zero-order valence-corrected chi connectivity index (χ0v) is 17.5. The monoisotopic (exact) mass is 428 g/mol. The number of fused-ring (bicyclic) bond motifs is 2. The molecule has 6 heterocycles. The first-order chi connectivity index (χ1) is 14.6. The quantitative estimate of drug-likeness (QED) is 0.650. The van der Waals surface area contributed by atoms with Crippen LogP contribution in [0.2, 0.25) is 0 Å². The van der Waals surface area contributed by atoms with Gasteiger partial charge in [-0.2, -0.15) is 5.10 Å². The largest absolute Gasteiger partial charge is 0.396 e. The molecule has 158 valence electrons. The van der Waals surface area contributed by atoms with Crippen molar-refractivity contribution in [2.24, 2.45) is 18.9 Å². The van der Waals surface area contributed by atoms with E-state index in [9.17, 15) is 9.90 Å². The van der Waals surface area contributed by atoms with Gasteiger partial charge in [0.1, 0.15) is 21.8 Å². The molecule has 0 unspecified atom stereocenters. The number of imidazole rings is 1. The minimum Gasteiger partial charge on any atom is -0.396 e. The lowest BCUT2D eigenvalue weighted by molar-refractivity contribution is -0.108. The van der Waals surface area contributed by atoms with E-state index in [1.165, 1.54) is 0 Å². The van der Waals surface area contributed by atoms with Crippen LogP contribution in [0.25, 0.3) is 5.65 Å². The molecule has 10 heteroatoms. The number of likely N-dealkylation sites (tertiary alicyclic amines) is 2. The first-order valence-corrected chi connectivity index (χ1v) is 11.1. The topological polar surface area (TPSA) is 88.1 Å². The lowest BCUT2D eigenvalue weighted by Crippen LogP contribution is -2.55. The summed E-state index contributed by atoms with van der Waals surface area (Å²) in [5.74, 6) is 0.244. The Morgan fingerprint density at radius 3 is 3.07 bits per heavy atom. The second kappa shape index (κ2) is 6.61. The Morgan fingerprint density at radius 1 is 1.37 bits per heavy atom. The SMILES string of the molecule is Cn1ccn2ncc(C(=O)N3C[C@H]4O[C@@]5(CN(Cc6nccs6)C[C@@H]5[C@@H]4CO)C3)c12. The van der Waals surface area contributed by atoms with Crippen molar-refractivity contribution in [2.45, 2.75) is 18.2 Å². The average Bonchev–Trinajstić information content (AvgIpc) is 3.52. The number of amides is 1. The van der Waals surface area contributed by atoms with Crippen LogP contribution in [0.4, 0.5) is 0 Å².